The summed E-state index contributed by atoms with van der Waals surface area (Å²) >= 11 is 1.52. The van der Waals surface area contributed by atoms with E-state index in [4.69, 9.17) is 5.11 Å². The molecule has 0 saturated heterocycles. The zero-order chi connectivity index (χ0) is 15.1. The second-order valence-corrected chi connectivity index (χ2v) is 5.46. The van der Waals surface area contributed by atoms with Crippen LogP contribution >= 0.6 is 11.3 Å². The van der Waals surface area contributed by atoms with Gasteiger partial charge in [0.25, 0.3) is 0 Å². The fourth-order valence-electron chi connectivity index (χ4n) is 1.85. The van der Waals surface area contributed by atoms with Crippen LogP contribution in [0.1, 0.15) is 16.9 Å². The average molecular weight is 303 g/mol. The van der Waals surface area contributed by atoms with Crippen LogP contribution in [0.15, 0.2) is 29.9 Å². The molecule has 1 N–H and O–H groups in total. The lowest BCUT2D eigenvalue weighted by Gasteiger charge is -2.16. The molecule has 2 aromatic heterocycles. The third kappa shape index (κ3) is 4.74. The standard InChI is InChI=1S/C15H17N3O2S/c1-17(15(20)5-8-18-7-3-6-16-18)11-13-10-14(21-12-13)4-2-9-19/h3,6-7,10,12,19H,5,8-9,11H2,1H3. The van der Waals surface area contributed by atoms with Gasteiger partial charge in [-0.15, -0.1) is 11.3 Å². The molecule has 0 bridgehead atoms. The number of thiophene rings is 1. The number of carbonyl (C=O) groups excluding carboxylic acids is 1. The van der Waals surface area contributed by atoms with Crippen molar-refractivity contribution in [2.75, 3.05) is 13.7 Å². The Morgan fingerprint density at radius 1 is 1.57 bits per heavy atom. The van der Waals surface area contributed by atoms with Crippen molar-refractivity contribution in [1.82, 2.24) is 14.7 Å². The van der Waals surface area contributed by atoms with Crippen LogP contribution in [0.4, 0.5) is 0 Å². The minimum absolute atomic E-state index is 0.0830. The molecule has 0 aliphatic rings. The van der Waals surface area contributed by atoms with Gasteiger partial charge in [-0.25, -0.2) is 0 Å². The SMILES string of the molecule is CN(Cc1csc(C#CCO)c1)C(=O)CCn1cccn1. The zero-order valence-corrected chi connectivity index (χ0v) is 12.6. The summed E-state index contributed by atoms with van der Waals surface area (Å²) in [5, 5.41) is 14.7. The van der Waals surface area contributed by atoms with Gasteiger partial charge in [0.05, 0.1) is 4.88 Å². The van der Waals surface area contributed by atoms with Crippen molar-refractivity contribution in [1.29, 1.82) is 0 Å². The Bertz CT molecular complexity index is 637. The van der Waals surface area contributed by atoms with Crippen LogP contribution in [0.3, 0.4) is 0 Å². The highest BCUT2D eigenvalue weighted by atomic mass is 32.1. The summed E-state index contributed by atoms with van der Waals surface area (Å²) in [6.07, 6.45) is 3.98. The molecule has 0 fully saturated rings. The Morgan fingerprint density at radius 2 is 2.43 bits per heavy atom. The first-order chi connectivity index (χ1) is 10.2. The van der Waals surface area contributed by atoms with Crippen molar-refractivity contribution in [3.05, 3.63) is 40.3 Å². The molecule has 0 spiro atoms. The highest BCUT2D eigenvalue weighted by Gasteiger charge is 2.10. The quantitative estimate of drug-likeness (QED) is 0.848. The van der Waals surface area contributed by atoms with Crippen molar-refractivity contribution in [2.24, 2.45) is 0 Å². The topological polar surface area (TPSA) is 58.4 Å². The van der Waals surface area contributed by atoms with E-state index in [2.05, 4.69) is 16.9 Å². The first-order valence-corrected chi connectivity index (χ1v) is 7.45. The lowest BCUT2D eigenvalue weighted by atomic mass is 10.2. The molecule has 5 nitrogen and oxygen atoms in total. The second-order valence-electron chi connectivity index (χ2n) is 4.55. The lowest BCUT2D eigenvalue weighted by molar-refractivity contribution is -0.130. The van der Waals surface area contributed by atoms with Crippen LogP contribution in [-0.2, 0) is 17.9 Å². The van der Waals surface area contributed by atoms with E-state index < -0.39 is 0 Å². The first kappa shape index (κ1) is 15.3. The smallest absolute Gasteiger partial charge is 0.224 e. The molecule has 0 atom stereocenters. The lowest BCUT2D eigenvalue weighted by Crippen LogP contribution is -2.26. The number of carbonyl (C=O) groups is 1. The summed E-state index contributed by atoms with van der Waals surface area (Å²) in [5.74, 6) is 5.56. The molecule has 0 aromatic carbocycles. The van der Waals surface area contributed by atoms with E-state index in [1.807, 2.05) is 23.7 Å². The summed E-state index contributed by atoms with van der Waals surface area (Å²) in [4.78, 5) is 14.7. The van der Waals surface area contributed by atoms with Crippen LogP contribution in [0.5, 0.6) is 0 Å². The fraction of sp³-hybridized carbons (Fsp3) is 0.333. The van der Waals surface area contributed by atoms with E-state index >= 15 is 0 Å². The van der Waals surface area contributed by atoms with Crippen molar-refractivity contribution in [3.8, 4) is 11.8 Å². The van der Waals surface area contributed by atoms with Gasteiger partial charge < -0.3 is 10.0 Å². The highest BCUT2D eigenvalue weighted by molar-refractivity contribution is 7.10. The maximum atomic E-state index is 12.0. The van der Waals surface area contributed by atoms with Crippen LogP contribution in [0.2, 0.25) is 0 Å². The third-order valence-corrected chi connectivity index (χ3v) is 3.80. The fourth-order valence-corrected chi connectivity index (χ4v) is 2.62. The summed E-state index contributed by atoms with van der Waals surface area (Å²) in [6.45, 7) is 1.02. The number of hydrogen-bond acceptors (Lipinski definition) is 4. The molecule has 0 aliphatic carbocycles. The third-order valence-electron chi connectivity index (χ3n) is 2.90. The van der Waals surface area contributed by atoms with Crippen LogP contribution in [-0.4, -0.2) is 39.3 Å². The Morgan fingerprint density at radius 3 is 3.14 bits per heavy atom. The molecule has 2 aromatic rings. The van der Waals surface area contributed by atoms with Crippen molar-refractivity contribution < 1.29 is 9.90 Å². The minimum Gasteiger partial charge on any atom is -0.384 e. The van der Waals surface area contributed by atoms with Gasteiger partial charge in [0.2, 0.25) is 5.91 Å². The molecule has 2 rings (SSSR count). The van der Waals surface area contributed by atoms with Gasteiger partial charge in [0, 0.05) is 39.0 Å². The van der Waals surface area contributed by atoms with E-state index in [9.17, 15) is 4.79 Å². The predicted molar refractivity (Wildman–Crippen MR) is 81.6 cm³/mol. The summed E-state index contributed by atoms with van der Waals surface area (Å²) in [6, 6.07) is 3.79. The minimum atomic E-state index is -0.140. The molecule has 21 heavy (non-hydrogen) atoms. The Labute approximate surface area is 127 Å². The number of amides is 1. The molecular weight excluding hydrogens is 286 g/mol. The molecule has 0 aliphatic heterocycles. The number of aryl methyl sites for hydroxylation is 1. The monoisotopic (exact) mass is 303 g/mol. The summed E-state index contributed by atoms with van der Waals surface area (Å²) in [7, 11) is 1.79. The van der Waals surface area contributed by atoms with E-state index in [-0.39, 0.29) is 12.5 Å². The number of nitrogens with zero attached hydrogens (tertiary/aromatic N) is 3. The molecule has 110 valence electrons. The number of rotatable bonds is 5. The number of hydrogen-bond donors (Lipinski definition) is 1. The predicted octanol–water partition coefficient (Wildman–Crippen LogP) is 1.34. The van der Waals surface area contributed by atoms with Gasteiger partial charge >= 0.3 is 0 Å². The van der Waals surface area contributed by atoms with E-state index in [0.29, 0.717) is 19.5 Å². The van der Waals surface area contributed by atoms with Crippen LogP contribution in [0.25, 0.3) is 0 Å². The molecule has 0 unspecified atom stereocenters. The Balaban J connectivity index is 1.84. The molecule has 1 amide bonds. The molecule has 6 heteroatoms. The first-order valence-electron chi connectivity index (χ1n) is 6.57. The van der Waals surface area contributed by atoms with E-state index in [0.717, 1.165) is 10.4 Å². The van der Waals surface area contributed by atoms with Gasteiger partial charge in [0.1, 0.15) is 6.61 Å². The second kappa shape index (κ2) is 7.62. The maximum absolute atomic E-state index is 12.0. The largest absolute Gasteiger partial charge is 0.384 e. The van der Waals surface area contributed by atoms with Crippen molar-refractivity contribution in [2.45, 2.75) is 19.5 Å². The molecule has 2 heterocycles. The van der Waals surface area contributed by atoms with Gasteiger partial charge in [0.15, 0.2) is 0 Å². The van der Waals surface area contributed by atoms with Crippen molar-refractivity contribution in [3.63, 3.8) is 0 Å². The van der Waals surface area contributed by atoms with Gasteiger partial charge in [-0.3, -0.25) is 9.48 Å². The number of aromatic nitrogens is 2. The van der Waals surface area contributed by atoms with Gasteiger partial charge in [-0.1, -0.05) is 11.8 Å². The Hall–Kier alpha value is -2.10. The van der Waals surface area contributed by atoms with Crippen molar-refractivity contribution >= 4 is 17.2 Å². The number of aliphatic hydroxyl groups excluding tert-OH is 1. The molecular formula is C15H17N3O2S. The van der Waals surface area contributed by atoms with Gasteiger partial charge in [-0.2, -0.15) is 5.10 Å². The molecule has 0 radical (unpaired) electrons. The summed E-state index contributed by atoms with van der Waals surface area (Å²) < 4.78 is 1.75. The number of aliphatic hydroxyl groups is 1. The maximum Gasteiger partial charge on any atom is 0.224 e. The van der Waals surface area contributed by atoms with Crippen LogP contribution < -0.4 is 0 Å². The normalized spacial score (nSPS) is 10.0. The zero-order valence-electron chi connectivity index (χ0n) is 11.8. The van der Waals surface area contributed by atoms with Crippen LogP contribution in [0, 0.1) is 11.8 Å². The average Bonchev–Trinajstić information content (AvgIpc) is 3.14. The van der Waals surface area contributed by atoms with E-state index in [1.165, 1.54) is 11.3 Å². The summed E-state index contributed by atoms with van der Waals surface area (Å²) in [5.41, 5.74) is 1.05. The molecule has 0 saturated carbocycles. The highest BCUT2D eigenvalue weighted by Crippen LogP contribution is 2.15. The Kier molecular flexibility index (Phi) is 5.55. The van der Waals surface area contributed by atoms with E-state index in [1.54, 1.807) is 22.8 Å². The van der Waals surface area contributed by atoms with Gasteiger partial charge in [-0.05, 0) is 23.1 Å².